The highest BCUT2D eigenvalue weighted by atomic mass is 19.4. The van der Waals surface area contributed by atoms with Crippen molar-refractivity contribution in [3.63, 3.8) is 0 Å². The standard InChI is InChI=1S/C8H13F3N2O3/c9-8(10,11)3-12-6(15)13-7(4-14)1-2-16-5-7/h14H,1-5H2,(H2,12,13,15). The van der Waals surface area contributed by atoms with Crippen molar-refractivity contribution in [3.8, 4) is 0 Å². The van der Waals surface area contributed by atoms with Crippen LogP contribution in [0.3, 0.4) is 0 Å². The Bertz CT molecular complexity index is 251. The first-order chi connectivity index (χ1) is 7.37. The van der Waals surface area contributed by atoms with Gasteiger partial charge in [0, 0.05) is 6.61 Å². The number of hydrogen-bond donors (Lipinski definition) is 3. The number of urea groups is 1. The lowest BCUT2D eigenvalue weighted by Gasteiger charge is -2.26. The van der Waals surface area contributed by atoms with Crippen LogP contribution in [-0.4, -0.2) is 49.2 Å². The van der Waals surface area contributed by atoms with Crippen molar-refractivity contribution in [2.24, 2.45) is 0 Å². The van der Waals surface area contributed by atoms with Crippen LogP contribution in [0.25, 0.3) is 0 Å². The number of carbonyl (C=O) groups excluding carboxylic acids is 1. The van der Waals surface area contributed by atoms with Gasteiger partial charge >= 0.3 is 12.2 Å². The molecule has 1 rings (SSSR count). The molecule has 0 bridgehead atoms. The quantitative estimate of drug-likeness (QED) is 0.652. The molecule has 0 spiro atoms. The zero-order valence-electron chi connectivity index (χ0n) is 8.43. The molecule has 0 aromatic carbocycles. The Labute approximate surface area is 90.0 Å². The van der Waals surface area contributed by atoms with Crippen molar-refractivity contribution in [3.05, 3.63) is 0 Å². The maximum absolute atomic E-state index is 11.8. The van der Waals surface area contributed by atoms with Gasteiger partial charge < -0.3 is 20.5 Å². The molecule has 0 aliphatic carbocycles. The molecule has 0 radical (unpaired) electrons. The van der Waals surface area contributed by atoms with E-state index in [1.54, 1.807) is 5.32 Å². The second kappa shape index (κ2) is 4.88. The summed E-state index contributed by atoms with van der Waals surface area (Å²) in [6.07, 6.45) is -4.07. The summed E-state index contributed by atoms with van der Waals surface area (Å²) in [4.78, 5) is 11.1. The van der Waals surface area contributed by atoms with Crippen LogP contribution in [0.4, 0.5) is 18.0 Å². The van der Waals surface area contributed by atoms with Crippen molar-refractivity contribution < 1.29 is 27.8 Å². The molecule has 8 heteroatoms. The van der Waals surface area contributed by atoms with E-state index >= 15 is 0 Å². The summed E-state index contributed by atoms with van der Waals surface area (Å²) in [6, 6.07) is -0.961. The van der Waals surface area contributed by atoms with Crippen LogP contribution in [0.1, 0.15) is 6.42 Å². The van der Waals surface area contributed by atoms with Crippen molar-refractivity contribution in [1.82, 2.24) is 10.6 Å². The summed E-state index contributed by atoms with van der Waals surface area (Å²) in [6.45, 7) is -1.31. The lowest BCUT2D eigenvalue weighted by molar-refractivity contribution is -0.122. The zero-order valence-corrected chi connectivity index (χ0v) is 8.43. The maximum atomic E-state index is 11.8. The molecular weight excluding hydrogens is 229 g/mol. The van der Waals surface area contributed by atoms with Gasteiger partial charge in [-0.3, -0.25) is 0 Å². The van der Waals surface area contributed by atoms with Gasteiger partial charge in [0.05, 0.1) is 18.8 Å². The van der Waals surface area contributed by atoms with Gasteiger partial charge in [-0.25, -0.2) is 4.79 Å². The number of ether oxygens (including phenoxy) is 1. The minimum Gasteiger partial charge on any atom is -0.394 e. The normalized spacial score (nSPS) is 25.5. The van der Waals surface area contributed by atoms with Crippen LogP contribution in [0.5, 0.6) is 0 Å². The molecule has 0 saturated carbocycles. The van der Waals surface area contributed by atoms with Crippen molar-refractivity contribution >= 4 is 6.03 Å². The number of hydrogen-bond acceptors (Lipinski definition) is 3. The molecule has 94 valence electrons. The molecule has 1 saturated heterocycles. The van der Waals surface area contributed by atoms with Gasteiger partial charge in [0.15, 0.2) is 0 Å². The number of aliphatic hydroxyl groups excluding tert-OH is 1. The third kappa shape index (κ3) is 3.86. The number of rotatable bonds is 3. The van der Waals surface area contributed by atoms with Crippen LogP contribution < -0.4 is 10.6 Å². The minimum atomic E-state index is -4.45. The Hall–Kier alpha value is -1.02. The van der Waals surface area contributed by atoms with E-state index in [-0.39, 0.29) is 13.2 Å². The van der Waals surface area contributed by atoms with Crippen LogP contribution in [0.15, 0.2) is 0 Å². The lowest BCUT2D eigenvalue weighted by Crippen LogP contribution is -2.56. The highest BCUT2D eigenvalue weighted by Crippen LogP contribution is 2.17. The highest BCUT2D eigenvalue weighted by Gasteiger charge is 2.36. The summed E-state index contributed by atoms with van der Waals surface area (Å²) in [5, 5.41) is 13.0. The van der Waals surface area contributed by atoms with Crippen molar-refractivity contribution in [2.45, 2.75) is 18.1 Å². The molecule has 3 N–H and O–H groups in total. The third-order valence-electron chi connectivity index (χ3n) is 2.23. The van der Waals surface area contributed by atoms with Gasteiger partial charge in [-0.05, 0) is 6.42 Å². The fourth-order valence-electron chi connectivity index (χ4n) is 1.34. The second-order valence-corrected chi connectivity index (χ2v) is 3.66. The minimum absolute atomic E-state index is 0.100. The van der Waals surface area contributed by atoms with Crippen molar-refractivity contribution in [2.75, 3.05) is 26.4 Å². The Morgan fingerprint density at radius 2 is 2.19 bits per heavy atom. The molecule has 1 unspecified atom stereocenters. The number of halogens is 3. The summed E-state index contributed by atoms with van der Waals surface area (Å²) in [5.74, 6) is 0. The van der Waals surface area contributed by atoms with E-state index in [4.69, 9.17) is 9.84 Å². The second-order valence-electron chi connectivity index (χ2n) is 3.66. The van der Waals surface area contributed by atoms with Gasteiger partial charge in [-0.15, -0.1) is 0 Å². The predicted molar refractivity (Wildman–Crippen MR) is 47.8 cm³/mol. The topological polar surface area (TPSA) is 70.6 Å². The van der Waals surface area contributed by atoms with E-state index in [1.807, 2.05) is 0 Å². The van der Waals surface area contributed by atoms with Gasteiger partial charge in [-0.1, -0.05) is 0 Å². The summed E-state index contributed by atoms with van der Waals surface area (Å²) >= 11 is 0. The van der Waals surface area contributed by atoms with Crippen LogP contribution in [0, 0.1) is 0 Å². The predicted octanol–water partition coefficient (Wildman–Crippen LogP) is -0.000700. The average Bonchev–Trinajstić information content (AvgIpc) is 2.63. The largest absolute Gasteiger partial charge is 0.405 e. The molecule has 1 aliphatic rings. The highest BCUT2D eigenvalue weighted by molar-refractivity contribution is 5.74. The van der Waals surface area contributed by atoms with E-state index in [2.05, 4.69) is 5.32 Å². The molecule has 0 aromatic heterocycles. The Morgan fingerprint density at radius 1 is 1.50 bits per heavy atom. The van der Waals surface area contributed by atoms with Crippen molar-refractivity contribution in [1.29, 1.82) is 0 Å². The average molecular weight is 242 g/mol. The van der Waals surface area contributed by atoms with E-state index in [9.17, 15) is 18.0 Å². The van der Waals surface area contributed by atoms with E-state index in [1.165, 1.54) is 0 Å². The van der Waals surface area contributed by atoms with Crippen LogP contribution in [0.2, 0.25) is 0 Å². The summed E-state index contributed by atoms with van der Waals surface area (Å²) < 4.78 is 40.3. The Kier molecular flexibility index (Phi) is 3.98. The SMILES string of the molecule is O=C(NCC(F)(F)F)NC1(CO)CCOC1. The van der Waals surface area contributed by atoms with Crippen LogP contribution >= 0.6 is 0 Å². The summed E-state index contributed by atoms with van der Waals surface area (Å²) in [5.41, 5.74) is -0.963. The molecule has 5 nitrogen and oxygen atoms in total. The number of aliphatic hydroxyl groups is 1. The number of alkyl halides is 3. The summed E-state index contributed by atoms with van der Waals surface area (Å²) in [7, 11) is 0. The first-order valence-electron chi connectivity index (χ1n) is 4.68. The molecule has 2 amide bonds. The molecule has 1 atom stereocenters. The fourth-order valence-corrected chi connectivity index (χ4v) is 1.34. The van der Waals surface area contributed by atoms with E-state index < -0.39 is 24.3 Å². The van der Waals surface area contributed by atoms with Gasteiger partial charge in [0.2, 0.25) is 0 Å². The van der Waals surface area contributed by atoms with Gasteiger partial charge in [0.1, 0.15) is 6.54 Å². The van der Waals surface area contributed by atoms with E-state index in [0.717, 1.165) is 0 Å². The Balaban J connectivity index is 2.38. The maximum Gasteiger partial charge on any atom is 0.405 e. The molecule has 1 aliphatic heterocycles. The number of carbonyl (C=O) groups is 1. The molecule has 0 aromatic rings. The van der Waals surface area contributed by atoms with Gasteiger partial charge in [-0.2, -0.15) is 13.2 Å². The van der Waals surface area contributed by atoms with Gasteiger partial charge in [0.25, 0.3) is 0 Å². The zero-order chi connectivity index (χ0) is 12.2. The Morgan fingerprint density at radius 3 is 2.62 bits per heavy atom. The number of nitrogens with one attached hydrogen (secondary N) is 2. The van der Waals surface area contributed by atoms with E-state index in [0.29, 0.717) is 13.0 Å². The first kappa shape index (κ1) is 13.0. The van der Waals surface area contributed by atoms with Crippen LogP contribution in [-0.2, 0) is 4.74 Å². The fraction of sp³-hybridized carbons (Fsp3) is 0.875. The molecular formula is C8H13F3N2O3. The monoisotopic (exact) mass is 242 g/mol. The first-order valence-corrected chi connectivity index (χ1v) is 4.68. The smallest absolute Gasteiger partial charge is 0.394 e. The third-order valence-corrected chi connectivity index (χ3v) is 2.23. The molecule has 1 fully saturated rings. The molecule has 16 heavy (non-hydrogen) atoms. The molecule has 1 heterocycles. The lowest BCUT2D eigenvalue weighted by atomic mass is 10.0. The number of amides is 2.